The molecule has 1 N–H and O–H groups in total. The second-order valence-corrected chi connectivity index (χ2v) is 7.19. The van der Waals surface area contributed by atoms with Gasteiger partial charge in [-0.2, -0.15) is 5.10 Å². The molecule has 1 heterocycles. The molecule has 1 fully saturated rings. The summed E-state index contributed by atoms with van der Waals surface area (Å²) < 4.78 is 12.2. The number of aromatic nitrogens is 2. The molecule has 3 atom stereocenters. The molecule has 1 aromatic heterocycles. The van der Waals surface area contributed by atoms with Crippen molar-refractivity contribution in [2.45, 2.75) is 51.6 Å². The minimum Gasteiger partial charge on any atom is -0.496 e. The van der Waals surface area contributed by atoms with Crippen LogP contribution >= 0.6 is 0 Å². The van der Waals surface area contributed by atoms with E-state index in [0.29, 0.717) is 23.7 Å². The van der Waals surface area contributed by atoms with Crippen LogP contribution in [0.1, 0.15) is 55.9 Å². The maximum Gasteiger partial charge on any atom is 0.341 e. The molecular formula is C20H27N3O4. The molecule has 0 spiro atoms. The summed E-state index contributed by atoms with van der Waals surface area (Å²) in [6.07, 6.45) is 5.32. The molecule has 146 valence electrons. The van der Waals surface area contributed by atoms with Gasteiger partial charge in [-0.25, -0.2) is 4.79 Å². The SMILES string of the molecule is CCC(=O)N[C@@H]1CC[C@H](n2cc3cc(C(=O)OC)c(OC)cc3n2)[C@H](C)C1. The number of nitrogens with zero attached hydrogens (tertiary/aromatic N) is 2. The molecule has 0 bridgehead atoms. The number of benzene rings is 1. The van der Waals surface area contributed by atoms with Crippen molar-refractivity contribution in [2.24, 2.45) is 5.92 Å². The normalized spacial score (nSPS) is 22.4. The van der Waals surface area contributed by atoms with Crippen molar-refractivity contribution in [3.05, 3.63) is 23.9 Å². The molecule has 0 unspecified atom stereocenters. The molecule has 0 saturated heterocycles. The summed E-state index contributed by atoms with van der Waals surface area (Å²) in [4.78, 5) is 23.6. The van der Waals surface area contributed by atoms with Crippen molar-refractivity contribution >= 4 is 22.8 Å². The van der Waals surface area contributed by atoms with Gasteiger partial charge in [0.25, 0.3) is 0 Å². The Balaban J connectivity index is 1.83. The third kappa shape index (κ3) is 3.91. The molecule has 1 aliphatic rings. The predicted molar refractivity (Wildman–Crippen MR) is 102 cm³/mol. The minimum atomic E-state index is -0.429. The first-order chi connectivity index (χ1) is 13.0. The fourth-order valence-electron chi connectivity index (χ4n) is 3.91. The summed E-state index contributed by atoms with van der Waals surface area (Å²) in [6.45, 7) is 4.07. The summed E-state index contributed by atoms with van der Waals surface area (Å²) >= 11 is 0. The van der Waals surface area contributed by atoms with Crippen molar-refractivity contribution < 1.29 is 19.1 Å². The van der Waals surface area contributed by atoms with Gasteiger partial charge in [0.15, 0.2) is 0 Å². The van der Waals surface area contributed by atoms with E-state index in [4.69, 9.17) is 14.6 Å². The molecule has 7 nitrogen and oxygen atoms in total. The quantitative estimate of drug-likeness (QED) is 0.815. The van der Waals surface area contributed by atoms with Gasteiger partial charge in [-0.05, 0) is 31.2 Å². The summed E-state index contributed by atoms with van der Waals surface area (Å²) in [6, 6.07) is 4.04. The van der Waals surface area contributed by atoms with Crippen LogP contribution in [-0.4, -0.2) is 41.9 Å². The fraction of sp³-hybridized carbons (Fsp3) is 0.550. The van der Waals surface area contributed by atoms with Gasteiger partial charge in [0.1, 0.15) is 11.3 Å². The predicted octanol–water partition coefficient (Wildman–Crippen LogP) is 3.09. The number of nitrogens with one attached hydrogen (secondary N) is 1. The molecule has 7 heteroatoms. The largest absolute Gasteiger partial charge is 0.496 e. The van der Waals surface area contributed by atoms with E-state index in [1.807, 2.05) is 17.8 Å². The second kappa shape index (κ2) is 7.98. The molecule has 1 saturated carbocycles. The van der Waals surface area contributed by atoms with Crippen LogP contribution in [0.2, 0.25) is 0 Å². The van der Waals surface area contributed by atoms with Gasteiger partial charge >= 0.3 is 5.97 Å². The molecule has 2 aromatic rings. The lowest BCUT2D eigenvalue weighted by atomic mass is 9.82. The van der Waals surface area contributed by atoms with E-state index in [-0.39, 0.29) is 18.0 Å². The zero-order valence-corrected chi connectivity index (χ0v) is 16.3. The summed E-state index contributed by atoms with van der Waals surface area (Å²) in [5, 5.41) is 8.70. The number of amides is 1. The Morgan fingerprint density at radius 1 is 1.30 bits per heavy atom. The maximum atomic E-state index is 12.0. The van der Waals surface area contributed by atoms with Crippen LogP contribution in [0.25, 0.3) is 10.9 Å². The summed E-state index contributed by atoms with van der Waals surface area (Å²) in [5.74, 6) is 0.524. The Bertz CT molecular complexity index is 845. The van der Waals surface area contributed by atoms with E-state index in [1.165, 1.54) is 14.2 Å². The first kappa shape index (κ1) is 19.2. The Hall–Kier alpha value is -2.57. The standard InChI is InChI=1S/C20H27N3O4/c1-5-19(24)21-14-6-7-17(12(2)8-14)23-11-13-9-15(20(25)27-4)18(26-3)10-16(13)22-23/h9-12,14,17H,5-8H2,1-4H3,(H,21,24)/t12-,14-,17+/m1/s1. The van der Waals surface area contributed by atoms with Crippen LogP contribution in [0.5, 0.6) is 5.75 Å². The van der Waals surface area contributed by atoms with E-state index in [9.17, 15) is 9.59 Å². The molecular weight excluding hydrogens is 346 g/mol. The molecule has 1 aliphatic carbocycles. The second-order valence-electron chi connectivity index (χ2n) is 7.19. The fourth-order valence-corrected chi connectivity index (χ4v) is 3.91. The van der Waals surface area contributed by atoms with Gasteiger partial charge in [-0.3, -0.25) is 9.48 Å². The van der Waals surface area contributed by atoms with Gasteiger partial charge in [-0.1, -0.05) is 13.8 Å². The first-order valence-corrected chi connectivity index (χ1v) is 9.41. The van der Waals surface area contributed by atoms with E-state index in [2.05, 4.69) is 12.2 Å². The number of methoxy groups -OCH3 is 2. The number of ether oxygens (including phenoxy) is 2. The molecule has 1 amide bonds. The number of fused-ring (bicyclic) bond motifs is 1. The number of carbonyl (C=O) groups is 2. The highest BCUT2D eigenvalue weighted by Crippen LogP contribution is 2.35. The average molecular weight is 373 g/mol. The highest BCUT2D eigenvalue weighted by Gasteiger charge is 2.30. The van der Waals surface area contributed by atoms with Gasteiger partial charge in [-0.15, -0.1) is 0 Å². The zero-order chi connectivity index (χ0) is 19.6. The van der Waals surface area contributed by atoms with E-state index in [1.54, 1.807) is 12.1 Å². The summed E-state index contributed by atoms with van der Waals surface area (Å²) in [7, 11) is 2.88. The Kier molecular flexibility index (Phi) is 5.68. The Morgan fingerprint density at radius 3 is 2.70 bits per heavy atom. The molecule has 1 aromatic carbocycles. The molecule has 27 heavy (non-hydrogen) atoms. The lowest BCUT2D eigenvalue weighted by molar-refractivity contribution is -0.121. The highest BCUT2D eigenvalue weighted by atomic mass is 16.5. The monoisotopic (exact) mass is 373 g/mol. The van der Waals surface area contributed by atoms with E-state index in [0.717, 1.165) is 30.2 Å². The third-order valence-electron chi connectivity index (χ3n) is 5.40. The van der Waals surface area contributed by atoms with Gasteiger partial charge < -0.3 is 14.8 Å². The van der Waals surface area contributed by atoms with E-state index < -0.39 is 5.97 Å². The van der Waals surface area contributed by atoms with Gasteiger partial charge in [0, 0.05) is 30.1 Å². The van der Waals surface area contributed by atoms with Crippen molar-refractivity contribution in [1.29, 1.82) is 0 Å². The lowest BCUT2D eigenvalue weighted by Crippen LogP contribution is -2.40. The van der Waals surface area contributed by atoms with Crippen LogP contribution in [-0.2, 0) is 9.53 Å². The Labute approximate surface area is 159 Å². The van der Waals surface area contributed by atoms with Gasteiger partial charge in [0.05, 0.1) is 25.8 Å². The van der Waals surface area contributed by atoms with Crippen molar-refractivity contribution in [3.8, 4) is 5.75 Å². The van der Waals surface area contributed by atoms with Gasteiger partial charge in [0.2, 0.25) is 5.91 Å². The third-order valence-corrected chi connectivity index (χ3v) is 5.40. The van der Waals surface area contributed by atoms with Crippen molar-refractivity contribution in [2.75, 3.05) is 14.2 Å². The smallest absolute Gasteiger partial charge is 0.341 e. The number of rotatable bonds is 5. The zero-order valence-electron chi connectivity index (χ0n) is 16.3. The lowest BCUT2D eigenvalue weighted by Gasteiger charge is -2.34. The van der Waals surface area contributed by atoms with Crippen LogP contribution in [0, 0.1) is 5.92 Å². The average Bonchev–Trinajstić information content (AvgIpc) is 3.08. The van der Waals surface area contributed by atoms with Crippen molar-refractivity contribution in [3.63, 3.8) is 0 Å². The van der Waals surface area contributed by atoms with Crippen LogP contribution in [0.4, 0.5) is 0 Å². The topological polar surface area (TPSA) is 82.5 Å². The van der Waals surface area contributed by atoms with Crippen LogP contribution in [0.3, 0.4) is 0 Å². The minimum absolute atomic E-state index is 0.109. The maximum absolute atomic E-state index is 12.0. The number of hydrogen-bond donors (Lipinski definition) is 1. The molecule has 0 radical (unpaired) electrons. The van der Waals surface area contributed by atoms with Crippen molar-refractivity contribution in [1.82, 2.24) is 15.1 Å². The highest BCUT2D eigenvalue weighted by molar-refractivity contribution is 5.97. The molecule has 3 rings (SSSR count). The number of esters is 1. The van der Waals surface area contributed by atoms with Crippen LogP contribution in [0.15, 0.2) is 18.3 Å². The molecule has 0 aliphatic heterocycles. The van der Waals surface area contributed by atoms with E-state index >= 15 is 0 Å². The summed E-state index contributed by atoms with van der Waals surface area (Å²) in [5.41, 5.74) is 1.18. The van der Waals surface area contributed by atoms with Crippen LogP contribution < -0.4 is 10.1 Å². The number of hydrogen-bond acceptors (Lipinski definition) is 5. The first-order valence-electron chi connectivity index (χ1n) is 9.41. The number of carbonyl (C=O) groups excluding carboxylic acids is 2. The Morgan fingerprint density at radius 2 is 2.07 bits per heavy atom.